The average molecular weight is 478 g/mol. The molecule has 2 aromatic rings. The van der Waals surface area contributed by atoms with Crippen LogP contribution in [0.5, 0.6) is 0 Å². The molecule has 1 amide bonds. The number of amides is 1. The van der Waals surface area contributed by atoms with Gasteiger partial charge in [-0.05, 0) is 42.5 Å². The summed E-state index contributed by atoms with van der Waals surface area (Å²) in [4.78, 5) is 18.2. The fourth-order valence-electron chi connectivity index (χ4n) is 3.07. The molecule has 0 bridgehead atoms. The molecule has 1 fully saturated rings. The maximum Gasteiger partial charge on any atom is 0.226 e. The summed E-state index contributed by atoms with van der Waals surface area (Å²) in [5.74, 6) is 0.671. The topological polar surface area (TPSA) is 70.7 Å². The van der Waals surface area contributed by atoms with Gasteiger partial charge in [0.2, 0.25) is 5.91 Å². The molecular formula is C21H27IN4O. The normalized spacial score (nSPS) is 14.6. The van der Waals surface area contributed by atoms with Gasteiger partial charge in [0, 0.05) is 25.2 Å². The first-order chi connectivity index (χ1) is 12.7. The van der Waals surface area contributed by atoms with Gasteiger partial charge in [0.25, 0.3) is 0 Å². The molecule has 0 saturated carbocycles. The monoisotopic (exact) mass is 478 g/mol. The minimum atomic E-state index is 0. The van der Waals surface area contributed by atoms with Crippen LogP contribution in [0.15, 0.2) is 59.6 Å². The predicted octanol–water partition coefficient (Wildman–Crippen LogP) is 3.47. The highest BCUT2D eigenvalue weighted by Gasteiger charge is 2.19. The first kappa shape index (κ1) is 21.2. The van der Waals surface area contributed by atoms with E-state index in [1.54, 1.807) is 0 Å². The minimum Gasteiger partial charge on any atom is -0.370 e. The number of hydrogen-bond acceptors (Lipinski definition) is 2. The Balaban J connectivity index is 0.00000261. The van der Waals surface area contributed by atoms with Crippen LogP contribution in [0, 0.1) is 0 Å². The number of nitrogens with zero attached hydrogens (tertiary/aromatic N) is 2. The molecular weight excluding hydrogens is 451 g/mol. The van der Waals surface area contributed by atoms with Crippen LogP contribution in [0.25, 0.3) is 0 Å². The molecule has 0 spiro atoms. The van der Waals surface area contributed by atoms with Gasteiger partial charge in [0.15, 0.2) is 5.96 Å². The van der Waals surface area contributed by atoms with Crippen molar-refractivity contribution in [2.24, 2.45) is 10.7 Å². The number of nitrogens with two attached hydrogens (primary N) is 1. The second-order valence-electron chi connectivity index (χ2n) is 6.53. The van der Waals surface area contributed by atoms with Gasteiger partial charge in [0.1, 0.15) is 0 Å². The summed E-state index contributed by atoms with van der Waals surface area (Å²) in [7, 11) is 0. The molecule has 1 aliphatic heterocycles. The lowest BCUT2D eigenvalue weighted by Crippen LogP contribution is -2.35. The maximum absolute atomic E-state index is 12.0. The van der Waals surface area contributed by atoms with Crippen molar-refractivity contribution in [3.63, 3.8) is 0 Å². The number of nitrogens with one attached hydrogen (secondary N) is 1. The molecule has 0 radical (unpaired) electrons. The van der Waals surface area contributed by atoms with Crippen LogP contribution in [-0.2, 0) is 17.8 Å². The van der Waals surface area contributed by atoms with Crippen molar-refractivity contribution >= 4 is 41.5 Å². The van der Waals surface area contributed by atoms with Crippen LogP contribution in [0.4, 0.5) is 5.69 Å². The summed E-state index contributed by atoms with van der Waals surface area (Å²) in [5, 5.41) is 3.15. The summed E-state index contributed by atoms with van der Waals surface area (Å²) in [6.07, 6.45) is 3.63. The molecule has 2 aromatic carbocycles. The van der Waals surface area contributed by atoms with Crippen molar-refractivity contribution in [2.45, 2.75) is 32.2 Å². The maximum atomic E-state index is 12.0. The fraction of sp³-hybridized carbons (Fsp3) is 0.333. The van der Waals surface area contributed by atoms with Crippen LogP contribution in [-0.4, -0.2) is 25.0 Å². The molecule has 1 aliphatic rings. The van der Waals surface area contributed by atoms with E-state index >= 15 is 0 Å². The Morgan fingerprint density at radius 1 is 1.04 bits per heavy atom. The highest BCUT2D eigenvalue weighted by molar-refractivity contribution is 14.0. The largest absolute Gasteiger partial charge is 0.370 e. The summed E-state index contributed by atoms with van der Waals surface area (Å²) in [6, 6.07) is 18.3. The Morgan fingerprint density at radius 3 is 2.48 bits per heavy atom. The summed E-state index contributed by atoms with van der Waals surface area (Å²) in [6.45, 7) is 2.10. The van der Waals surface area contributed by atoms with Crippen molar-refractivity contribution in [1.82, 2.24) is 5.32 Å². The lowest BCUT2D eigenvalue weighted by Gasteiger charge is -2.26. The number of halogens is 1. The molecule has 1 saturated heterocycles. The van der Waals surface area contributed by atoms with Crippen LogP contribution < -0.4 is 16.0 Å². The van der Waals surface area contributed by atoms with Crippen molar-refractivity contribution < 1.29 is 4.79 Å². The number of carbonyl (C=O) groups is 1. The first-order valence-corrected chi connectivity index (χ1v) is 9.19. The lowest BCUT2D eigenvalue weighted by atomic mass is 10.1. The second kappa shape index (κ2) is 10.9. The Labute approximate surface area is 178 Å². The van der Waals surface area contributed by atoms with Crippen molar-refractivity contribution in [3.05, 3.63) is 65.7 Å². The zero-order valence-corrected chi connectivity index (χ0v) is 17.8. The number of anilines is 1. The lowest BCUT2D eigenvalue weighted by molar-refractivity contribution is -0.119. The quantitative estimate of drug-likeness (QED) is 0.380. The van der Waals surface area contributed by atoms with Crippen LogP contribution in [0.3, 0.4) is 0 Å². The third-order valence-electron chi connectivity index (χ3n) is 4.57. The van der Waals surface area contributed by atoms with E-state index in [-0.39, 0.29) is 29.9 Å². The van der Waals surface area contributed by atoms with E-state index in [1.165, 1.54) is 5.56 Å². The summed E-state index contributed by atoms with van der Waals surface area (Å²) in [5.41, 5.74) is 9.25. The van der Waals surface area contributed by atoms with Gasteiger partial charge in [-0.25, -0.2) is 4.99 Å². The Hall–Kier alpha value is -2.09. The smallest absolute Gasteiger partial charge is 0.226 e. The average Bonchev–Trinajstić information content (AvgIpc) is 2.68. The van der Waals surface area contributed by atoms with Crippen LogP contribution >= 0.6 is 24.0 Å². The van der Waals surface area contributed by atoms with E-state index < -0.39 is 0 Å². The van der Waals surface area contributed by atoms with Gasteiger partial charge in [-0.15, -0.1) is 24.0 Å². The molecule has 0 aliphatic carbocycles. The molecule has 6 heteroatoms. The SMILES string of the molecule is I.NC(=NCc1ccc(N2CCCCC2=O)cc1)NCCc1ccccc1. The molecule has 3 rings (SSSR count). The molecule has 27 heavy (non-hydrogen) atoms. The van der Waals surface area contributed by atoms with Gasteiger partial charge in [-0.2, -0.15) is 0 Å². The van der Waals surface area contributed by atoms with Gasteiger partial charge >= 0.3 is 0 Å². The highest BCUT2D eigenvalue weighted by Crippen LogP contribution is 2.21. The number of rotatable bonds is 6. The van der Waals surface area contributed by atoms with Gasteiger partial charge in [0.05, 0.1) is 6.54 Å². The Bertz CT molecular complexity index is 747. The fourth-order valence-corrected chi connectivity index (χ4v) is 3.07. The van der Waals surface area contributed by atoms with Gasteiger partial charge in [-0.3, -0.25) is 4.79 Å². The molecule has 3 N–H and O–H groups in total. The highest BCUT2D eigenvalue weighted by atomic mass is 127. The third kappa shape index (κ3) is 6.53. The Kier molecular flexibility index (Phi) is 8.57. The van der Waals surface area contributed by atoms with Crippen LogP contribution in [0.2, 0.25) is 0 Å². The number of guanidine groups is 1. The number of piperidine rings is 1. The van der Waals surface area contributed by atoms with E-state index in [0.29, 0.717) is 18.9 Å². The molecule has 0 aromatic heterocycles. The number of aliphatic imine (C=N–C) groups is 1. The molecule has 0 atom stereocenters. The predicted molar refractivity (Wildman–Crippen MR) is 122 cm³/mol. The number of carbonyl (C=O) groups excluding carboxylic acids is 1. The standard InChI is InChI=1S/C21H26N4O.HI/c22-21(23-14-13-17-6-2-1-3-7-17)24-16-18-9-11-19(12-10-18)25-15-5-4-8-20(25)26;/h1-3,6-7,9-12H,4-5,8,13-16H2,(H3,22,23,24);1H. The van der Waals surface area contributed by atoms with Crippen molar-refractivity contribution in [1.29, 1.82) is 0 Å². The second-order valence-corrected chi connectivity index (χ2v) is 6.53. The van der Waals surface area contributed by atoms with Crippen molar-refractivity contribution in [3.8, 4) is 0 Å². The van der Waals surface area contributed by atoms with E-state index in [4.69, 9.17) is 5.73 Å². The van der Waals surface area contributed by atoms with Gasteiger partial charge in [-0.1, -0.05) is 42.5 Å². The van der Waals surface area contributed by atoms with Crippen LogP contribution in [0.1, 0.15) is 30.4 Å². The van der Waals surface area contributed by atoms with E-state index in [0.717, 1.165) is 43.6 Å². The molecule has 0 unspecified atom stereocenters. The third-order valence-corrected chi connectivity index (χ3v) is 4.57. The molecule has 5 nitrogen and oxygen atoms in total. The first-order valence-electron chi connectivity index (χ1n) is 9.19. The Morgan fingerprint density at radius 2 is 1.78 bits per heavy atom. The zero-order valence-electron chi connectivity index (χ0n) is 15.4. The summed E-state index contributed by atoms with van der Waals surface area (Å²) < 4.78 is 0. The molecule has 1 heterocycles. The molecule has 144 valence electrons. The number of hydrogen-bond donors (Lipinski definition) is 2. The van der Waals surface area contributed by atoms with Gasteiger partial charge < -0.3 is 16.0 Å². The van der Waals surface area contributed by atoms with E-state index in [2.05, 4.69) is 22.4 Å². The number of benzene rings is 2. The van der Waals surface area contributed by atoms with E-state index in [9.17, 15) is 4.79 Å². The summed E-state index contributed by atoms with van der Waals surface area (Å²) >= 11 is 0. The zero-order chi connectivity index (χ0) is 18.2. The minimum absolute atomic E-state index is 0. The van der Waals surface area contributed by atoms with E-state index in [1.807, 2.05) is 47.4 Å². The van der Waals surface area contributed by atoms with Crippen molar-refractivity contribution in [2.75, 3.05) is 18.0 Å².